The average molecular weight is 412 g/mol. The minimum atomic E-state index is -0.244. The number of hydrogen-bond donors (Lipinski definition) is 1. The summed E-state index contributed by atoms with van der Waals surface area (Å²) in [4.78, 5) is 31.7. The van der Waals surface area contributed by atoms with E-state index < -0.39 is 0 Å². The molecule has 0 aliphatic carbocycles. The molecule has 0 bridgehead atoms. The standard InChI is InChI=1S/C23H29N3O4/c1-16-11-17(2)13-19(12-16)23(28)26-8-4-5-18(15-26)22(27)25-20-6-7-21(24-14-20)30-10-9-29-3/h6-7,11-14,18H,4-5,8-10,15H2,1-3H3,(H,25,27)/t18-/m1/s1. The molecule has 160 valence electrons. The molecule has 2 aromatic rings. The number of nitrogens with zero attached hydrogens (tertiary/aromatic N) is 2. The summed E-state index contributed by atoms with van der Waals surface area (Å²) in [5, 5.41) is 2.90. The van der Waals surface area contributed by atoms with Crippen LogP contribution in [0.15, 0.2) is 36.5 Å². The number of carbonyl (C=O) groups is 2. The number of nitrogens with one attached hydrogen (secondary N) is 1. The maximum absolute atomic E-state index is 12.9. The highest BCUT2D eigenvalue weighted by molar-refractivity contribution is 5.96. The minimum absolute atomic E-state index is 0.0153. The number of benzene rings is 1. The Balaban J connectivity index is 1.58. The molecular formula is C23H29N3O4. The average Bonchev–Trinajstić information content (AvgIpc) is 2.74. The summed E-state index contributed by atoms with van der Waals surface area (Å²) in [6.45, 7) is 5.96. The van der Waals surface area contributed by atoms with E-state index in [2.05, 4.69) is 10.3 Å². The van der Waals surface area contributed by atoms with Crippen LogP contribution < -0.4 is 10.1 Å². The van der Waals surface area contributed by atoms with Crippen LogP contribution in [-0.4, -0.2) is 55.1 Å². The van der Waals surface area contributed by atoms with Gasteiger partial charge in [0.25, 0.3) is 5.91 Å². The molecule has 2 heterocycles. The van der Waals surface area contributed by atoms with Gasteiger partial charge in [-0.25, -0.2) is 4.98 Å². The number of rotatable bonds is 7. The fourth-order valence-corrected chi connectivity index (χ4v) is 3.67. The number of amides is 2. The second kappa shape index (κ2) is 10.2. The Kier molecular flexibility index (Phi) is 7.41. The van der Waals surface area contributed by atoms with Gasteiger partial charge >= 0.3 is 0 Å². The number of aryl methyl sites for hydroxylation is 2. The molecule has 1 aromatic heterocycles. The first-order chi connectivity index (χ1) is 14.5. The van der Waals surface area contributed by atoms with Crippen molar-refractivity contribution < 1.29 is 19.1 Å². The number of piperidine rings is 1. The molecule has 7 nitrogen and oxygen atoms in total. The predicted octanol–water partition coefficient (Wildman–Crippen LogP) is 3.21. The van der Waals surface area contributed by atoms with Gasteiger partial charge in [0, 0.05) is 31.8 Å². The fourth-order valence-electron chi connectivity index (χ4n) is 3.67. The number of ether oxygens (including phenoxy) is 2. The van der Waals surface area contributed by atoms with Crippen LogP contribution in [0.25, 0.3) is 0 Å². The molecule has 1 fully saturated rings. The normalized spacial score (nSPS) is 16.2. The third-order valence-electron chi connectivity index (χ3n) is 5.09. The smallest absolute Gasteiger partial charge is 0.253 e. The van der Waals surface area contributed by atoms with Gasteiger partial charge in [-0.15, -0.1) is 0 Å². The third-order valence-corrected chi connectivity index (χ3v) is 5.09. The first-order valence-corrected chi connectivity index (χ1v) is 10.2. The van der Waals surface area contributed by atoms with Gasteiger partial charge in [-0.2, -0.15) is 0 Å². The van der Waals surface area contributed by atoms with Crippen LogP contribution in [0.3, 0.4) is 0 Å². The van der Waals surface area contributed by atoms with Gasteiger partial charge in [0.1, 0.15) is 6.61 Å². The summed E-state index contributed by atoms with van der Waals surface area (Å²) < 4.78 is 10.4. The van der Waals surface area contributed by atoms with E-state index >= 15 is 0 Å². The quantitative estimate of drug-likeness (QED) is 0.708. The van der Waals surface area contributed by atoms with Gasteiger partial charge in [-0.1, -0.05) is 17.2 Å². The lowest BCUT2D eigenvalue weighted by atomic mass is 9.96. The molecule has 0 unspecified atom stereocenters. The predicted molar refractivity (Wildman–Crippen MR) is 115 cm³/mol. The molecule has 1 aromatic carbocycles. The molecule has 30 heavy (non-hydrogen) atoms. The molecule has 1 aliphatic rings. The van der Waals surface area contributed by atoms with Crippen LogP contribution in [0.1, 0.15) is 34.3 Å². The van der Waals surface area contributed by atoms with Crippen LogP contribution in [0, 0.1) is 19.8 Å². The van der Waals surface area contributed by atoms with Crippen molar-refractivity contribution >= 4 is 17.5 Å². The lowest BCUT2D eigenvalue weighted by molar-refractivity contribution is -0.121. The second-order valence-corrected chi connectivity index (χ2v) is 7.68. The van der Waals surface area contributed by atoms with Crippen LogP contribution >= 0.6 is 0 Å². The monoisotopic (exact) mass is 411 g/mol. The van der Waals surface area contributed by atoms with Gasteiger partial charge in [-0.3, -0.25) is 9.59 Å². The van der Waals surface area contributed by atoms with E-state index in [0.717, 1.165) is 24.0 Å². The maximum atomic E-state index is 12.9. The summed E-state index contributed by atoms with van der Waals surface area (Å²) in [6, 6.07) is 9.32. The summed E-state index contributed by atoms with van der Waals surface area (Å²) in [7, 11) is 1.61. The molecule has 1 aliphatic heterocycles. The van der Waals surface area contributed by atoms with Crippen molar-refractivity contribution in [2.75, 3.05) is 38.7 Å². The van der Waals surface area contributed by atoms with Crippen molar-refractivity contribution in [3.8, 4) is 5.88 Å². The summed E-state index contributed by atoms with van der Waals surface area (Å²) in [5.74, 6) is 0.125. The van der Waals surface area contributed by atoms with Crippen LogP contribution in [0.5, 0.6) is 5.88 Å². The molecule has 7 heteroatoms. The number of carbonyl (C=O) groups excluding carboxylic acids is 2. The number of hydrogen-bond acceptors (Lipinski definition) is 5. The maximum Gasteiger partial charge on any atom is 0.253 e. The van der Waals surface area contributed by atoms with E-state index in [1.54, 1.807) is 30.3 Å². The molecule has 3 rings (SSSR count). The van der Waals surface area contributed by atoms with E-state index in [4.69, 9.17) is 9.47 Å². The van der Waals surface area contributed by atoms with Crippen molar-refractivity contribution in [3.05, 3.63) is 53.2 Å². The fraction of sp³-hybridized carbons (Fsp3) is 0.435. The van der Waals surface area contributed by atoms with E-state index in [9.17, 15) is 9.59 Å². The first-order valence-electron chi connectivity index (χ1n) is 10.2. The molecule has 2 amide bonds. The van der Waals surface area contributed by atoms with Gasteiger partial charge < -0.3 is 19.7 Å². The lowest BCUT2D eigenvalue weighted by Gasteiger charge is -2.32. The van der Waals surface area contributed by atoms with E-state index in [-0.39, 0.29) is 17.7 Å². The zero-order chi connectivity index (χ0) is 21.5. The molecular weight excluding hydrogens is 382 g/mol. The molecule has 1 atom stereocenters. The van der Waals surface area contributed by atoms with Crippen molar-refractivity contribution in [1.82, 2.24) is 9.88 Å². The second-order valence-electron chi connectivity index (χ2n) is 7.68. The Hall–Kier alpha value is -2.93. The highest BCUT2D eigenvalue weighted by Crippen LogP contribution is 2.22. The first kappa shape index (κ1) is 21.8. The largest absolute Gasteiger partial charge is 0.475 e. The molecule has 1 N–H and O–H groups in total. The van der Waals surface area contributed by atoms with E-state index in [1.807, 2.05) is 32.0 Å². The van der Waals surface area contributed by atoms with Crippen LogP contribution in [-0.2, 0) is 9.53 Å². The Labute approximate surface area is 177 Å². The zero-order valence-electron chi connectivity index (χ0n) is 17.8. The lowest BCUT2D eigenvalue weighted by Crippen LogP contribution is -2.43. The number of anilines is 1. The highest BCUT2D eigenvalue weighted by Gasteiger charge is 2.29. The van der Waals surface area contributed by atoms with Gasteiger partial charge in [-0.05, 0) is 44.9 Å². The summed E-state index contributed by atoms with van der Waals surface area (Å²) in [5.41, 5.74) is 3.41. The minimum Gasteiger partial charge on any atom is -0.475 e. The molecule has 0 saturated carbocycles. The topological polar surface area (TPSA) is 80.8 Å². The van der Waals surface area contributed by atoms with E-state index in [1.165, 1.54) is 0 Å². The third kappa shape index (κ3) is 5.79. The van der Waals surface area contributed by atoms with Gasteiger partial charge in [0.05, 0.1) is 24.4 Å². The summed E-state index contributed by atoms with van der Waals surface area (Å²) in [6.07, 6.45) is 3.13. The Morgan fingerprint density at radius 2 is 1.93 bits per heavy atom. The van der Waals surface area contributed by atoms with Gasteiger partial charge in [0.15, 0.2) is 0 Å². The number of pyridine rings is 1. The number of likely N-dealkylation sites (tertiary alicyclic amines) is 1. The van der Waals surface area contributed by atoms with Crippen molar-refractivity contribution in [2.24, 2.45) is 5.92 Å². The molecule has 0 radical (unpaired) electrons. The summed E-state index contributed by atoms with van der Waals surface area (Å²) >= 11 is 0. The van der Waals surface area contributed by atoms with Crippen LogP contribution in [0.2, 0.25) is 0 Å². The van der Waals surface area contributed by atoms with Crippen LogP contribution in [0.4, 0.5) is 5.69 Å². The van der Waals surface area contributed by atoms with E-state index in [0.29, 0.717) is 43.4 Å². The van der Waals surface area contributed by atoms with Crippen molar-refractivity contribution in [2.45, 2.75) is 26.7 Å². The zero-order valence-corrected chi connectivity index (χ0v) is 17.8. The Morgan fingerprint density at radius 3 is 2.60 bits per heavy atom. The molecule has 0 spiro atoms. The Bertz CT molecular complexity index is 862. The highest BCUT2D eigenvalue weighted by atomic mass is 16.5. The van der Waals surface area contributed by atoms with Gasteiger partial charge in [0.2, 0.25) is 11.8 Å². The van der Waals surface area contributed by atoms with Crippen molar-refractivity contribution in [1.29, 1.82) is 0 Å². The number of methoxy groups -OCH3 is 1. The Morgan fingerprint density at radius 1 is 1.17 bits per heavy atom. The molecule has 1 saturated heterocycles. The van der Waals surface area contributed by atoms with Crippen molar-refractivity contribution in [3.63, 3.8) is 0 Å². The SMILES string of the molecule is COCCOc1ccc(NC(=O)[C@@H]2CCCN(C(=O)c3cc(C)cc(C)c3)C2)cn1. The number of aromatic nitrogens is 1.